The predicted molar refractivity (Wildman–Crippen MR) is 116 cm³/mol. The van der Waals surface area contributed by atoms with Crippen LogP contribution in [-0.2, 0) is 11.3 Å². The lowest BCUT2D eigenvalue weighted by molar-refractivity contribution is -0.384. The number of benzene rings is 2. The van der Waals surface area contributed by atoms with E-state index in [2.05, 4.69) is 4.90 Å². The van der Waals surface area contributed by atoms with Crippen LogP contribution in [0.4, 0.5) is 5.69 Å². The van der Waals surface area contributed by atoms with E-state index >= 15 is 0 Å². The highest BCUT2D eigenvalue weighted by atomic mass is 35.5. The van der Waals surface area contributed by atoms with Gasteiger partial charge in [-0.2, -0.15) is 0 Å². The van der Waals surface area contributed by atoms with E-state index in [1.165, 1.54) is 12.1 Å². The van der Waals surface area contributed by atoms with Crippen LogP contribution in [0.2, 0.25) is 5.02 Å². The van der Waals surface area contributed by atoms with Gasteiger partial charge in [0, 0.05) is 55.4 Å². The zero-order valence-corrected chi connectivity index (χ0v) is 18.0. The van der Waals surface area contributed by atoms with Crippen molar-refractivity contribution in [3.63, 3.8) is 0 Å². The summed E-state index contributed by atoms with van der Waals surface area (Å²) in [6, 6.07) is 11.4. The maximum Gasteiger partial charge on any atom is 0.338 e. The van der Waals surface area contributed by atoms with Crippen LogP contribution in [-0.4, -0.2) is 59.4 Å². The average Bonchev–Trinajstić information content (AvgIpc) is 3.00. The Morgan fingerprint density at radius 3 is 2.45 bits per heavy atom. The van der Waals surface area contributed by atoms with Gasteiger partial charge in [0.2, 0.25) is 0 Å². The van der Waals surface area contributed by atoms with Crippen LogP contribution in [0.5, 0.6) is 0 Å². The van der Waals surface area contributed by atoms with E-state index in [1.807, 2.05) is 24.3 Å². The van der Waals surface area contributed by atoms with Gasteiger partial charge in [0.05, 0.1) is 17.1 Å². The van der Waals surface area contributed by atoms with Crippen LogP contribution in [0.25, 0.3) is 0 Å². The molecule has 2 aromatic carbocycles. The largest absolute Gasteiger partial charge is 0.462 e. The fourth-order valence-electron chi connectivity index (χ4n) is 3.54. The Kier molecular flexibility index (Phi) is 7.59. The number of rotatable bonds is 6. The smallest absolute Gasteiger partial charge is 0.338 e. The molecule has 1 aliphatic heterocycles. The van der Waals surface area contributed by atoms with Gasteiger partial charge >= 0.3 is 5.97 Å². The van der Waals surface area contributed by atoms with Gasteiger partial charge in [-0.05, 0) is 37.1 Å². The zero-order valence-electron chi connectivity index (χ0n) is 17.3. The monoisotopic (exact) mass is 445 g/mol. The van der Waals surface area contributed by atoms with Crippen molar-refractivity contribution in [2.24, 2.45) is 0 Å². The van der Waals surface area contributed by atoms with Crippen LogP contribution in [0, 0.1) is 10.1 Å². The molecule has 0 saturated carbocycles. The second kappa shape index (κ2) is 10.4. The van der Waals surface area contributed by atoms with Crippen LogP contribution >= 0.6 is 11.6 Å². The summed E-state index contributed by atoms with van der Waals surface area (Å²) in [4.78, 5) is 39.8. The van der Waals surface area contributed by atoms with E-state index in [1.54, 1.807) is 11.8 Å². The Hall–Kier alpha value is -2.97. The number of nitrogens with zero attached hydrogens (tertiary/aromatic N) is 3. The first kappa shape index (κ1) is 22.7. The summed E-state index contributed by atoms with van der Waals surface area (Å²) in [6.45, 7) is 5.07. The number of non-ortho nitro benzene ring substituents is 1. The number of esters is 1. The van der Waals surface area contributed by atoms with Crippen molar-refractivity contribution in [1.82, 2.24) is 9.80 Å². The molecule has 164 valence electrons. The second-order valence-corrected chi connectivity index (χ2v) is 7.73. The maximum absolute atomic E-state index is 13.1. The molecule has 9 heteroatoms. The Balaban J connectivity index is 1.72. The molecular formula is C22H24ClN3O5. The highest BCUT2D eigenvalue weighted by molar-refractivity contribution is 6.30. The summed E-state index contributed by atoms with van der Waals surface area (Å²) in [5, 5.41) is 12.0. The summed E-state index contributed by atoms with van der Waals surface area (Å²) < 4.78 is 4.94. The molecule has 0 atom stereocenters. The van der Waals surface area contributed by atoms with Crippen molar-refractivity contribution in [2.45, 2.75) is 19.9 Å². The van der Waals surface area contributed by atoms with Crippen molar-refractivity contribution >= 4 is 29.2 Å². The highest BCUT2D eigenvalue weighted by Crippen LogP contribution is 2.21. The van der Waals surface area contributed by atoms with Crippen LogP contribution < -0.4 is 0 Å². The van der Waals surface area contributed by atoms with E-state index in [0.717, 1.165) is 31.1 Å². The third-order valence-electron chi connectivity index (χ3n) is 5.08. The van der Waals surface area contributed by atoms with Crippen LogP contribution in [0.15, 0.2) is 42.5 Å². The number of hydrogen-bond acceptors (Lipinski definition) is 6. The number of nitro groups is 1. The fraction of sp³-hybridized carbons (Fsp3) is 0.364. The van der Waals surface area contributed by atoms with Crippen molar-refractivity contribution in [1.29, 1.82) is 0 Å². The quantitative estimate of drug-likeness (QED) is 0.381. The average molecular weight is 446 g/mol. The topological polar surface area (TPSA) is 93.0 Å². The zero-order chi connectivity index (χ0) is 22.4. The summed E-state index contributed by atoms with van der Waals surface area (Å²) >= 11 is 5.94. The van der Waals surface area contributed by atoms with Gasteiger partial charge in [-0.1, -0.05) is 23.7 Å². The SMILES string of the molecule is CCOC(=O)c1cc(C(=O)N2CCCN(Cc3ccc(Cl)cc3)CC2)cc([N+](=O)[O-])c1. The Bertz CT molecular complexity index is 964. The van der Waals surface area contributed by atoms with E-state index < -0.39 is 10.9 Å². The first-order valence-electron chi connectivity index (χ1n) is 10.1. The molecule has 0 N–H and O–H groups in total. The Morgan fingerprint density at radius 1 is 1.06 bits per heavy atom. The minimum Gasteiger partial charge on any atom is -0.462 e. The van der Waals surface area contributed by atoms with Gasteiger partial charge in [0.25, 0.3) is 11.6 Å². The molecule has 3 rings (SSSR count). The summed E-state index contributed by atoms with van der Waals surface area (Å²) in [7, 11) is 0. The number of halogens is 1. The maximum atomic E-state index is 13.1. The minimum atomic E-state index is -0.690. The van der Waals surface area contributed by atoms with Gasteiger partial charge < -0.3 is 9.64 Å². The predicted octanol–water partition coefficient (Wildman–Crippen LogP) is 3.77. The molecule has 0 radical (unpaired) electrons. The number of carbonyl (C=O) groups excluding carboxylic acids is 2. The highest BCUT2D eigenvalue weighted by Gasteiger charge is 2.24. The number of carbonyl (C=O) groups is 2. The Labute approximate surface area is 185 Å². The van der Waals surface area contributed by atoms with Gasteiger partial charge in [-0.3, -0.25) is 19.8 Å². The third kappa shape index (κ3) is 6.02. The standard InChI is InChI=1S/C22H24ClN3O5/c1-2-31-22(28)18-12-17(13-20(14-18)26(29)30)21(27)25-9-3-8-24(10-11-25)15-16-4-6-19(23)7-5-16/h4-7,12-14H,2-3,8-11,15H2,1H3. The molecule has 1 saturated heterocycles. The molecule has 0 aliphatic carbocycles. The van der Waals surface area contributed by atoms with E-state index in [9.17, 15) is 19.7 Å². The van der Waals surface area contributed by atoms with Gasteiger partial charge in [-0.25, -0.2) is 4.79 Å². The van der Waals surface area contributed by atoms with E-state index in [0.29, 0.717) is 24.7 Å². The van der Waals surface area contributed by atoms with Crippen molar-refractivity contribution in [3.05, 3.63) is 74.3 Å². The molecule has 1 heterocycles. The molecule has 1 aliphatic rings. The van der Waals surface area contributed by atoms with Gasteiger partial charge in [-0.15, -0.1) is 0 Å². The first-order valence-corrected chi connectivity index (χ1v) is 10.5. The van der Waals surface area contributed by atoms with Crippen molar-refractivity contribution in [3.8, 4) is 0 Å². The molecule has 2 aromatic rings. The van der Waals surface area contributed by atoms with E-state index in [4.69, 9.17) is 16.3 Å². The molecule has 0 bridgehead atoms. The number of hydrogen-bond donors (Lipinski definition) is 0. The third-order valence-corrected chi connectivity index (χ3v) is 5.33. The normalized spacial score (nSPS) is 14.7. The molecule has 0 spiro atoms. The molecule has 0 unspecified atom stereocenters. The lowest BCUT2D eigenvalue weighted by atomic mass is 10.1. The number of amides is 1. The number of nitro benzene ring substituents is 1. The number of ether oxygens (including phenoxy) is 1. The fourth-order valence-corrected chi connectivity index (χ4v) is 3.66. The molecule has 1 fully saturated rings. The molecule has 31 heavy (non-hydrogen) atoms. The van der Waals surface area contributed by atoms with Crippen molar-refractivity contribution < 1.29 is 19.2 Å². The van der Waals surface area contributed by atoms with Gasteiger partial charge in [0.15, 0.2) is 0 Å². The lowest BCUT2D eigenvalue weighted by Gasteiger charge is -2.22. The van der Waals surface area contributed by atoms with Crippen LogP contribution in [0.1, 0.15) is 39.6 Å². The van der Waals surface area contributed by atoms with Crippen LogP contribution in [0.3, 0.4) is 0 Å². The van der Waals surface area contributed by atoms with E-state index in [-0.39, 0.29) is 29.3 Å². The second-order valence-electron chi connectivity index (χ2n) is 7.29. The minimum absolute atomic E-state index is 0.00131. The van der Waals surface area contributed by atoms with Crippen molar-refractivity contribution in [2.75, 3.05) is 32.8 Å². The summed E-state index contributed by atoms with van der Waals surface area (Å²) in [5.41, 5.74) is 0.942. The molecule has 0 aromatic heterocycles. The first-order chi connectivity index (χ1) is 14.9. The summed E-state index contributed by atoms with van der Waals surface area (Å²) in [5.74, 6) is -1.02. The molecule has 1 amide bonds. The molecule has 8 nitrogen and oxygen atoms in total. The lowest BCUT2D eigenvalue weighted by Crippen LogP contribution is -2.35. The molecular weight excluding hydrogens is 422 g/mol. The summed E-state index contributed by atoms with van der Waals surface area (Å²) in [6.07, 6.45) is 0.777. The Morgan fingerprint density at radius 2 is 1.77 bits per heavy atom. The van der Waals surface area contributed by atoms with Gasteiger partial charge in [0.1, 0.15) is 0 Å².